The molecule has 4 nitrogen and oxygen atoms in total. The van der Waals surface area contributed by atoms with Crippen molar-refractivity contribution in [2.75, 3.05) is 6.54 Å². The summed E-state index contributed by atoms with van der Waals surface area (Å²) in [5.74, 6) is 0. The van der Waals surface area contributed by atoms with E-state index >= 15 is 0 Å². The highest BCUT2D eigenvalue weighted by Crippen LogP contribution is 2.27. The van der Waals surface area contributed by atoms with E-state index in [0.717, 1.165) is 43.5 Å². The normalized spacial score (nSPS) is 14.1. The average Bonchev–Trinajstić information content (AvgIpc) is 3.08. The number of benzene rings is 4. The lowest BCUT2D eigenvalue weighted by Crippen LogP contribution is -2.37. The van der Waals surface area contributed by atoms with Crippen LogP contribution in [-0.2, 0) is 25.8 Å². The fraction of sp³-hybridized carbons (Fsp3) is 0.442. The van der Waals surface area contributed by atoms with Crippen LogP contribution in [0.15, 0.2) is 121 Å². The Morgan fingerprint density at radius 3 is 1.45 bits per heavy atom. The first-order valence-electron chi connectivity index (χ1n) is 18.0. The number of nitrogens with zero attached hydrogens (tertiary/aromatic N) is 1. The quantitative estimate of drug-likeness (QED) is 0.0563. The zero-order valence-electron chi connectivity index (χ0n) is 28.3. The maximum Gasteiger partial charge on any atom is 0.111 e. The second-order valence-corrected chi connectivity index (χ2v) is 13.5. The third-order valence-electron chi connectivity index (χ3n) is 9.30. The largest absolute Gasteiger partial charge is 0.393 e. The van der Waals surface area contributed by atoms with Crippen molar-refractivity contribution >= 4 is 0 Å². The summed E-state index contributed by atoms with van der Waals surface area (Å²) in [5, 5.41) is 33.7. The van der Waals surface area contributed by atoms with Crippen LogP contribution in [0.5, 0.6) is 0 Å². The molecule has 4 aromatic carbocycles. The van der Waals surface area contributed by atoms with Gasteiger partial charge in [0.25, 0.3) is 0 Å². The highest BCUT2D eigenvalue weighted by Gasteiger charge is 2.30. The van der Waals surface area contributed by atoms with Crippen LogP contribution >= 0.6 is 0 Å². The van der Waals surface area contributed by atoms with Crippen molar-refractivity contribution in [2.24, 2.45) is 0 Å². The molecule has 0 aliphatic carbocycles. The first-order chi connectivity index (χ1) is 23.0. The molecular weight excluding hydrogens is 578 g/mol. The summed E-state index contributed by atoms with van der Waals surface area (Å²) in [6, 6.07) is 41.0. The van der Waals surface area contributed by atoms with Crippen LogP contribution in [0.25, 0.3) is 0 Å². The Morgan fingerprint density at radius 1 is 0.489 bits per heavy atom. The van der Waals surface area contributed by atoms with Crippen LogP contribution in [0.4, 0.5) is 0 Å². The average molecular weight is 636 g/mol. The molecule has 4 rings (SSSR count). The minimum absolute atomic E-state index is 0.392. The van der Waals surface area contributed by atoms with Crippen molar-refractivity contribution in [1.82, 2.24) is 4.90 Å². The maximum absolute atomic E-state index is 11.7. The number of unbranched alkanes of at least 4 members (excludes halogenated alkanes) is 8. The second-order valence-electron chi connectivity index (χ2n) is 13.5. The molecule has 4 heteroatoms. The van der Waals surface area contributed by atoms with Crippen LogP contribution in [0, 0.1) is 0 Å². The molecule has 4 aromatic rings. The number of rotatable bonds is 23. The maximum atomic E-state index is 11.7. The minimum Gasteiger partial charge on any atom is -0.393 e. The van der Waals surface area contributed by atoms with Crippen molar-refractivity contribution in [2.45, 2.75) is 114 Å². The predicted molar refractivity (Wildman–Crippen MR) is 195 cm³/mol. The third kappa shape index (κ3) is 14.6. The van der Waals surface area contributed by atoms with Crippen molar-refractivity contribution in [3.63, 3.8) is 0 Å². The Labute approximate surface area is 284 Å². The summed E-state index contributed by atoms with van der Waals surface area (Å²) in [6.07, 6.45) is 12.3. The fourth-order valence-corrected chi connectivity index (χ4v) is 6.75. The van der Waals surface area contributed by atoms with Crippen molar-refractivity contribution < 1.29 is 15.3 Å². The molecular formula is C43H57NO3. The number of aliphatic hydroxyl groups is 3. The molecule has 0 amide bonds. The number of hydrogen-bond donors (Lipinski definition) is 3. The Kier molecular flexibility index (Phi) is 16.2. The van der Waals surface area contributed by atoms with Gasteiger partial charge in [0.15, 0.2) is 0 Å². The molecule has 3 atom stereocenters. The Morgan fingerprint density at radius 2 is 0.915 bits per heavy atom. The van der Waals surface area contributed by atoms with E-state index in [2.05, 4.69) is 53.4 Å². The Bertz CT molecular complexity index is 1330. The highest BCUT2D eigenvalue weighted by molar-refractivity contribution is 5.19. The van der Waals surface area contributed by atoms with Gasteiger partial charge >= 0.3 is 0 Å². The molecule has 0 saturated carbocycles. The predicted octanol–water partition coefficient (Wildman–Crippen LogP) is 8.92. The zero-order valence-corrected chi connectivity index (χ0v) is 28.3. The molecule has 0 aromatic heterocycles. The minimum atomic E-state index is -0.904. The Balaban J connectivity index is 1.12. The molecule has 3 unspecified atom stereocenters. The standard InChI is InChI=1S/C43H57NO3/c45-41(32-37-22-12-8-13-23-37)35-43(47,34-39-26-16-10-17-27-39)30-20-6-4-2-1-3-5-7-21-31-44(36-40-28-18-11-19-29-40)42(46)33-38-24-14-9-15-25-38/h8-19,22-29,41-42,45-47H,1-7,20-21,30-36H2. The van der Waals surface area contributed by atoms with Crippen LogP contribution in [-0.4, -0.2) is 44.7 Å². The molecule has 47 heavy (non-hydrogen) atoms. The molecule has 0 heterocycles. The lowest BCUT2D eigenvalue weighted by molar-refractivity contribution is -0.0186. The van der Waals surface area contributed by atoms with Gasteiger partial charge in [0.1, 0.15) is 6.23 Å². The molecule has 0 spiro atoms. The topological polar surface area (TPSA) is 63.9 Å². The lowest BCUT2D eigenvalue weighted by Gasteiger charge is -2.31. The van der Waals surface area contributed by atoms with Gasteiger partial charge in [-0.2, -0.15) is 0 Å². The fourth-order valence-electron chi connectivity index (χ4n) is 6.75. The molecule has 0 saturated heterocycles. The van der Waals surface area contributed by atoms with Crippen molar-refractivity contribution in [1.29, 1.82) is 0 Å². The van der Waals surface area contributed by atoms with E-state index < -0.39 is 17.9 Å². The van der Waals surface area contributed by atoms with Gasteiger partial charge in [-0.1, -0.05) is 173 Å². The first kappa shape index (κ1) is 36.6. The van der Waals surface area contributed by atoms with Crippen molar-refractivity contribution in [3.05, 3.63) is 144 Å². The molecule has 3 N–H and O–H groups in total. The smallest absolute Gasteiger partial charge is 0.111 e. The first-order valence-corrected chi connectivity index (χ1v) is 18.0. The summed E-state index contributed by atoms with van der Waals surface area (Å²) < 4.78 is 0. The van der Waals surface area contributed by atoms with Gasteiger partial charge in [-0.25, -0.2) is 0 Å². The van der Waals surface area contributed by atoms with E-state index in [1.807, 2.05) is 72.8 Å². The van der Waals surface area contributed by atoms with Gasteiger partial charge in [0.05, 0.1) is 11.7 Å². The molecule has 252 valence electrons. The summed E-state index contributed by atoms with van der Waals surface area (Å²) >= 11 is 0. The van der Waals surface area contributed by atoms with Crippen LogP contribution in [0.1, 0.15) is 92.9 Å². The number of hydrogen-bond acceptors (Lipinski definition) is 4. The zero-order chi connectivity index (χ0) is 33.0. The number of aliphatic hydroxyl groups excluding tert-OH is 2. The van der Waals surface area contributed by atoms with Gasteiger partial charge in [-0.3, -0.25) is 4.90 Å². The van der Waals surface area contributed by atoms with Crippen LogP contribution in [0.3, 0.4) is 0 Å². The summed E-state index contributed by atoms with van der Waals surface area (Å²) in [6.45, 7) is 1.66. The summed E-state index contributed by atoms with van der Waals surface area (Å²) in [4.78, 5) is 2.22. The van der Waals surface area contributed by atoms with E-state index in [-0.39, 0.29) is 0 Å². The lowest BCUT2D eigenvalue weighted by atomic mass is 9.83. The molecule has 0 radical (unpaired) electrons. The van der Waals surface area contributed by atoms with Gasteiger partial charge in [0.2, 0.25) is 0 Å². The van der Waals surface area contributed by atoms with E-state index in [1.165, 1.54) is 49.7 Å². The van der Waals surface area contributed by atoms with E-state index in [9.17, 15) is 15.3 Å². The van der Waals surface area contributed by atoms with Gasteiger partial charge in [0, 0.05) is 32.4 Å². The van der Waals surface area contributed by atoms with Gasteiger partial charge in [-0.15, -0.1) is 0 Å². The third-order valence-corrected chi connectivity index (χ3v) is 9.30. The summed E-state index contributed by atoms with van der Waals surface area (Å²) in [7, 11) is 0. The molecule has 0 bridgehead atoms. The van der Waals surface area contributed by atoms with Gasteiger partial charge < -0.3 is 15.3 Å². The second kappa shape index (κ2) is 20.8. The summed E-state index contributed by atoms with van der Waals surface area (Å²) in [5.41, 5.74) is 3.72. The van der Waals surface area contributed by atoms with Gasteiger partial charge in [-0.05, 0) is 41.5 Å². The van der Waals surface area contributed by atoms with E-state index in [0.29, 0.717) is 32.1 Å². The Hall–Kier alpha value is -3.28. The molecule has 0 fully saturated rings. The highest BCUT2D eigenvalue weighted by atomic mass is 16.3. The van der Waals surface area contributed by atoms with Crippen LogP contribution < -0.4 is 0 Å². The SMILES string of the molecule is OC(Cc1ccccc1)CC(O)(CCCCCCCCCCCN(Cc1ccccc1)C(O)Cc1ccccc1)Cc1ccccc1. The monoisotopic (exact) mass is 635 g/mol. The van der Waals surface area contributed by atoms with E-state index in [4.69, 9.17) is 0 Å². The molecule has 0 aliphatic heterocycles. The van der Waals surface area contributed by atoms with E-state index in [1.54, 1.807) is 0 Å². The molecule has 0 aliphatic rings. The van der Waals surface area contributed by atoms with Crippen LogP contribution in [0.2, 0.25) is 0 Å². The van der Waals surface area contributed by atoms with Crippen molar-refractivity contribution in [3.8, 4) is 0 Å².